The van der Waals surface area contributed by atoms with Crippen LogP contribution in [0.1, 0.15) is 38.3 Å². The molecule has 1 fully saturated rings. The zero-order valence-electron chi connectivity index (χ0n) is 15.7. The molecule has 0 spiro atoms. The van der Waals surface area contributed by atoms with E-state index in [4.69, 9.17) is 0 Å². The summed E-state index contributed by atoms with van der Waals surface area (Å²) in [6.45, 7) is 10.6. The van der Waals surface area contributed by atoms with E-state index >= 15 is 0 Å². The highest BCUT2D eigenvalue weighted by Crippen LogP contribution is 2.24. The monoisotopic (exact) mass is 349 g/mol. The van der Waals surface area contributed by atoms with Gasteiger partial charge in [0.2, 0.25) is 0 Å². The lowest BCUT2D eigenvalue weighted by Crippen LogP contribution is -2.49. The molecule has 1 saturated heterocycles. The van der Waals surface area contributed by atoms with Crippen LogP contribution in [0.25, 0.3) is 0 Å². The Balaban J connectivity index is 1.79. The standard InChI is InChI=1S/C20H23N5O/c1-13-11-14(2)16(4)18(15(13)3)20(26)25-9-7-24(8-10-25)19-17(12-21)22-5-6-23-19/h5-6,11H,7-10H2,1-4H3. The molecule has 26 heavy (non-hydrogen) atoms. The summed E-state index contributed by atoms with van der Waals surface area (Å²) in [7, 11) is 0. The zero-order valence-corrected chi connectivity index (χ0v) is 15.7. The maximum absolute atomic E-state index is 13.1. The van der Waals surface area contributed by atoms with Crippen molar-refractivity contribution in [2.24, 2.45) is 0 Å². The molecule has 0 radical (unpaired) electrons. The van der Waals surface area contributed by atoms with Crippen molar-refractivity contribution in [2.45, 2.75) is 27.7 Å². The molecule has 1 aromatic carbocycles. The number of carbonyl (C=O) groups is 1. The molecule has 0 atom stereocenters. The van der Waals surface area contributed by atoms with E-state index in [1.54, 1.807) is 6.20 Å². The minimum atomic E-state index is 0.0890. The van der Waals surface area contributed by atoms with Crippen LogP contribution >= 0.6 is 0 Å². The van der Waals surface area contributed by atoms with E-state index in [2.05, 4.69) is 22.1 Å². The number of benzene rings is 1. The topological polar surface area (TPSA) is 73.1 Å². The lowest BCUT2D eigenvalue weighted by molar-refractivity contribution is 0.0745. The normalized spacial score (nSPS) is 14.3. The van der Waals surface area contributed by atoms with Crippen LogP contribution in [0.4, 0.5) is 5.82 Å². The summed E-state index contributed by atoms with van der Waals surface area (Å²) in [4.78, 5) is 25.4. The minimum Gasteiger partial charge on any atom is -0.351 e. The summed E-state index contributed by atoms with van der Waals surface area (Å²) in [6.07, 6.45) is 3.11. The van der Waals surface area contributed by atoms with E-state index < -0.39 is 0 Å². The third kappa shape index (κ3) is 3.13. The number of nitrogens with zero attached hydrogens (tertiary/aromatic N) is 5. The first-order valence-electron chi connectivity index (χ1n) is 8.76. The molecule has 6 nitrogen and oxygen atoms in total. The maximum Gasteiger partial charge on any atom is 0.254 e. The molecule has 1 aliphatic rings. The molecule has 1 amide bonds. The lowest BCUT2D eigenvalue weighted by atomic mass is 9.93. The van der Waals surface area contributed by atoms with E-state index in [1.807, 2.05) is 37.5 Å². The average Bonchev–Trinajstić information content (AvgIpc) is 2.66. The molecule has 2 heterocycles. The van der Waals surface area contributed by atoms with Gasteiger partial charge in [-0.05, 0) is 49.9 Å². The Kier molecular flexibility index (Phi) is 4.90. The quantitative estimate of drug-likeness (QED) is 0.833. The summed E-state index contributed by atoms with van der Waals surface area (Å²) >= 11 is 0. The first-order chi connectivity index (χ1) is 12.4. The summed E-state index contributed by atoms with van der Waals surface area (Å²) in [5, 5.41) is 9.21. The molecule has 3 rings (SSSR count). The number of piperazine rings is 1. The summed E-state index contributed by atoms with van der Waals surface area (Å²) < 4.78 is 0. The van der Waals surface area contributed by atoms with E-state index in [-0.39, 0.29) is 5.91 Å². The number of aryl methyl sites for hydroxylation is 2. The van der Waals surface area contributed by atoms with Crippen LogP contribution in [0.2, 0.25) is 0 Å². The molecule has 134 valence electrons. The van der Waals surface area contributed by atoms with Gasteiger partial charge in [-0.3, -0.25) is 4.79 Å². The smallest absolute Gasteiger partial charge is 0.254 e. The second-order valence-electron chi connectivity index (χ2n) is 6.75. The summed E-state index contributed by atoms with van der Waals surface area (Å²) in [6, 6.07) is 4.22. The van der Waals surface area contributed by atoms with E-state index in [0.717, 1.165) is 27.8 Å². The van der Waals surface area contributed by atoms with E-state index in [0.29, 0.717) is 37.7 Å². The van der Waals surface area contributed by atoms with E-state index in [1.165, 1.54) is 6.20 Å². The summed E-state index contributed by atoms with van der Waals surface area (Å²) in [5.41, 5.74) is 5.56. The van der Waals surface area contributed by atoms with Crippen molar-refractivity contribution in [2.75, 3.05) is 31.1 Å². The van der Waals surface area contributed by atoms with Crippen molar-refractivity contribution < 1.29 is 4.79 Å². The molecule has 0 unspecified atom stereocenters. The Morgan fingerprint density at radius 1 is 1.00 bits per heavy atom. The molecule has 0 bridgehead atoms. The molecule has 0 N–H and O–H groups in total. The van der Waals surface area contributed by atoms with E-state index in [9.17, 15) is 10.1 Å². The van der Waals surface area contributed by atoms with Crippen molar-refractivity contribution in [3.8, 4) is 6.07 Å². The number of rotatable bonds is 2. The molecule has 0 aliphatic carbocycles. The highest BCUT2D eigenvalue weighted by atomic mass is 16.2. The number of aromatic nitrogens is 2. The van der Waals surface area contributed by atoms with Gasteiger partial charge in [0.25, 0.3) is 5.91 Å². The predicted octanol–water partition coefficient (Wildman–Crippen LogP) is 2.54. The fraction of sp³-hybridized carbons (Fsp3) is 0.400. The van der Waals surface area contributed by atoms with Crippen LogP contribution in [0, 0.1) is 39.0 Å². The fourth-order valence-corrected chi connectivity index (χ4v) is 3.46. The Labute approximate surface area is 154 Å². The van der Waals surface area contributed by atoms with Crippen LogP contribution in [-0.2, 0) is 0 Å². The minimum absolute atomic E-state index is 0.0890. The van der Waals surface area contributed by atoms with Crippen molar-refractivity contribution >= 4 is 11.7 Å². The highest BCUT2D eigenvalue weighted by Gasteiger charge is 2.27. The van der Waals surface area contributed by atoms with Gasteiger partial charge in [0, 0.05) is 44.1 Å². The first-order valence-corrected chi connectivity index (χ1v) is 8.76. The number of hydrogen-bond acceptors (Lipinski definition) is 5. The van der Waals surface area contributed by atoms with Crippen LogP contribution in [-0.4, -0.2) is 47.0 Å². The maximum atomic E-state index is 13.1. The van der Waals surface area contributed by atoms with Gasteiger partial charge in [0.15, 0.2) is 11.5 Å². The van der Waals surface area contributed by atoms with Crippen molar-refractivity contribution in [1.29, 1.82) is 5.26 Å². The molecule has 1 aromatic heterocycles. The van der Waals surface area contributed by atoms with Gasteiger partial charge in [-0.2, -0.15) is 5.26 Å². The molecular formula is C20H23N5O. The van der Waals surface area contributed by atoms with Crippen molar-refractivity contribution in [3.63, 3.8) is 0 Å². The third-order valence-corrected chi connectivity index (χ3v) is 5.23. The van der Waals surface area contributed by atoms with Gasteiger partial charge in [-0.1, -0.05) is 6.07 Å². The summed E-state index contributed by atoms with van der Waals surface area (Å²) in [5.74, 6) is 0.687. The second-order valence-corrected chi connectivity index (χ2v) is 6.75. The number of hydrogen-bond donors (Lipinski definition) is 0. The van der Waals surface area contributed by atoms with Crippen LogP contribution in [0.3, 0.4) is 0 Å². The zero-order chi connectivity index (χ0) is 18.8. The average molecular weight is 349 g/mol. The van der Waals surface area contributed by atoms with Gasteiger partial charge in [-0.15, -0.1) is 0 Å². The Bertz CT molecular complexity index is 866. The fourth-order valence-electron chi connectivity index (χ4n) is 3.46. The molecule has 1 aliphatic heterocycles. The van der Waals surface area contributed by atoms with Crippen molar-refractivity contribution in [1.82, 2.24) is 14.9 Å². The van der Waals surface area contributed by atoms with Gasteiger partial charge < -0.3 is 9.80 Å². The third-order valence-electron chi connectivity index (χ3n) is 5.23. The molecule has 0 saturated carbocycles. The first kappa shape index (κ1) is 17.9. The molecular weight excluding hydrogens is 326 g/mol. The highest BCUT2D eigenvalue weighted by molar-refractivity contribution is 5.98. The van der Waals surface area contributed by atoms with Crippen LogP contribution < -0.4 is 4.90 Å². The second kappa shape index (κ2) is 7.12. The van der Waals surface area contributed by atoms with Crippen LogP contribution in [0.15, 0.2) is 18.5 Å². The number of anilines is 1. The SMILES string of the molecule is Cc1cc(C)c(C)c(C(=O)N2CCN(c3nccnc3C#N)CC2)c1C. The lowest BCUT2D eigenvalue weighted by Gasteiger charge is -2.36. The molecule has 6 heteroatoms. The number of amides is 1. The molecule has 2 aromatic rings. The number of nitriles is 1. The predicted molar refractivity (Wildman–Crippen MR) is 100 cm³/mol. The Morgan fingerprint density at radius 2 is 1.58 bits per heavy atom. The van der Waals surface area contributed by atoms with Gasteiger partial charge >= 0.3 is 0 Å². The van der Waals surface area contributed by atoms with Gasteiger partial charge in [0.1, 0.15) is 6.07 Å². The number of carbonyl (C=O) groups excluding carboxylic acids is 1. The van der Waals surface area contributed by atoms with Crippen LogP contribution in [0.5, 0.6) is 0 Å². The van der Waals surface area contributed by atoms with Crippen molar-refractivity contribution in [3.05, 3.63) is 52.0 Å². The van der Waals surface area contributed by atoms with Gasteiger partial charge in [-0.25, -0.2) is 9.97 Å². The van der Waals surface area contributed by atoms with Gasteiger partial charge in [0.05, 0.1) is 0 Å². The Morgan fingerprint density at radius 3 is 2.15 bits per heavy atom. The largest absolute Gasteiger partial charge is 0.351 e. The Hall–Kier alpha value is -2.94.